The zero-order chi connectivity index (χ0) is 18.6. The maximum absolute atomic E-state index is 12.6. The number of thiazole rings is 1. The minimum atomic E-state index is -0.432. The molecule has 3 heterocycles. The topological polar surface area (TPSA) is 101 Å². The average Bonchev–Trinajstić information content (AvgIpc) is 3.47. The maximum atomic E-state index is 12.6. The summed E-state index contributed by atoms with van der Waals surface area (Å²) in [6, 6.07) is -0.432. The molecule has 0 aromatic carbocycles. The van der Waals surface area contributed by atoms with Crippen LogP contribution in [0.2, 0.25) is 0 Å². The van der Waals surface area contributed by atoms with Crippen LogP contribution in [0.3, 0.4) is 0 Å². The van der Waals surface area contributed by atoms with Gasteiger partial charge < -0.3 is 14.7 Å². The van der Waals surface area contributed by atoms with Crippen molar-refractivity contribution < 1.29 is 14.1 Å². The lowest BCUT2D eigenvalue weighted by Gasteiger charge is -2.23. The first-order valence-corrected chi connectivity index (χ1v) is 10.4. The highest BCUT2D eigenvalue weighted by Crippen LogP contribution is 2.32. The highest BCUT2D eigenvalue weighted by molar-refractivity contribution is 7.13. The van der Waals surface area contributed by atoms with Crippen LogP contribution >= 0.6 is 11.3 Å². The Bertz CT molecular complexity index is 785. The molecular formula is C18H23N5O3S. The third-order valence-electron chi connectivity index (χ3n) is 5.30. The van der Waals surface area contributed by atoms with E-state index in [9.17, 15) is 9.59 Å². The van der Waals surface area contributed by atoms with Gasteiger partial charge in [-0.2, -0.15) is 4.98 Å². The highest BCUT2D eigenvalue weighted by atomic mass is 32.1. The van der Waals surface area contributed by atoms with Crippen molar-refractivity contribution in [2.75, 3.05) is 11.9 Å². The summed E-state index contributed by atoms with van der Waals surface area (Å²) < 4.78 is 5.32. The van der Waals surface area contributed by atoms with E-state index in [0.29, 0.717) is 36.3 Å². The van der Waals surface area contributed by atoms with Crippen LogP contribution in [0, 0.1) is 0 Å². The van der Waals surface area contributed by atoms with Crippen LogP contribution in [-0.4, -0.2) is 44.4 Å². The summed E-state index contributed by atoms with van der Waals surface area (Å²) in [5.41, 5.74) is 0. The lowest BCUT2D eigenvalue weighted by atomic mass is 10.1. The number of nitrogens with one attached hydrogen (secondary N) is 1. The van der Waals surface area contributed by atoms with Gasteiger partial charge in [0.1, 0.15) is 6.04 Å². The molecule has 2 aliphatic rings. The van der Waals surface area contributed by atoms with Gasteiger partial charge in [0, 0.05) is 36.9 Å². The summed E-state index contributed by atoms with van der Waals surface area (Å²) in [5.74, 6) is 1.46. The molecule has 1 aliphatic carbocycles. The number of carbonyl (C=O) groups excluding carboxylic acids is 2. The van der Waals surface area contributed by atoms with Crippen LogP contribution in [0.15, 0.2) is 16.1 Å². The van der Waals surface area contributed by atoms with E-state index in [1.54, 1.807) is 16.5 Å². The molecule has 9 heteroatoms. The van der Waals surface area contributed by atoms with Gasteiger partial charge in [-0.3, -0.25) is 9.59 Å². The minimum Gasteiger partial charge on any atom is -0.339 e. The molecule has 1 saturated heterocycles. The van der Waals surface area contributed by atoms with E-state index in [-0.39, 0.29) is 18.2 Å². The number of hydrogen-bond acceptors (Lipinski definition) is 7. The summed E-state index contributed by atoms with van der Waals surface area (Å²) in [6.07, 6.45) is 8.48. The number of aryl methyl sites for hydroxylation is 1. The van der Waals surface area contributed by atoms with E-state index in [0.717, 1.165) is 25.1 Å². The van der Waals surface area contributed by atoms with E-state index < -0.39 is 6.04 Å². The van der Waals surface area contributed by atoms with Gasteiger partial charge in [0.25, 0.3) is 0 Å². The molecule has 1 atom stereocenters. The number of rotatable bonds is 6. The van der Waals surface area contributed by atoms with E-state index >= 15 is 0 Å². The number of amides is 2. The summed E-state index contributed by atoms with van der Waals surface area (Å²) in [4.78, 5) is 35.3. The van der Waals surface area contributed by atoms with Crippen LogP contribution < -0.4 is 5.32 Å². The number of hydrogen-bond donors (Lipinski definition) is 1. The fourth-order valence-electron chi connectivity index (χ4n) is 3.89. The second-order valence-corrected chi connectivity index (χ2v) is 7.99. The van der Waals surface area contributed by atoms with E-state index in [1.165, 1.54) is 24.2 Å². The lowest BCUT2D eigenvalue weighted by Crippen LogP contribution is -2.43. The van der Waals surface area contributed by atoms with Crippen molar-refractivity contribution in [2.24, 2.45) is 0 Å². The Kier molecular flexibility index (Phi) is 5.47. The molecule has 2 aromatic rings. The fourth-order valence-corrected chi connectivity index (χ4v) is 4.42. The highest BCUT2D eigenvalue weighted by Gasteiger charge is 2.34. The van der Waals surface area contributed by atoms with Gasteiger partial charge in [-0.1, -0.05) is 18.0 Å². The smallest absolute Gasteiger partial charge is 0.248 e. The van der Waals surface area contributed by atoms with Crippen LogP contribution in [0.5, 0.6) is 0 Å². The van der Waals surface area contributed by atoms with Crippen molar-refractivity contribution in [3.63, 3.8) is 0 Å². The molecule has 8 nitrogen and oxygen atoms in total. The largest absolute Gasteiger partial charge is 0.339 e. The average molecular weight is 389 g/mol. The van der Waals surface area contributed by atoms with Crippen LogP contribution in [0.1, 0.15) is 62.6 Å². The van der Waals surface area contributed by atoms with E-state index in [2.05, 4.69) is 20.4 Å². The Morgan fingerprint density at radius 3 is 2.89 bits per heavy atom. The normalized spacial score (nSPS) is 20.3. The molecule has 1 N–H and O–H groups in total. The first-order chi connectivity index (χ1) is 13.2. The molecule has 27 heavy (non-hydrogen) atoms. The Hall–Kier alpha value is -2.29. The predicted octanol–water partition coefficient (Wildman–Crippen LogP) is 2.75. The Morgan fingerprint density at radius 1 is 1.26 bits per heavy atom. The van der Waals surface area contributed by atoms with Gasteiger partial charge in [-0.05, 0) is 25.7 Å². The van der Waals surface area contributed by atoms with Crippen molar-refractivity contribution in [1.29, 1.82) is 0 Å². The monoisotopic (exact) mass is 389 g/mol. The number of carbonyl (C=O) groups is 2. The van der Waals surface area contributed by atoms with Crippen LogP contribution in [0.25, 0.3) is 0 Å². The van der Waals surface area contributed by atoms with E-state index in [1.807, 2.05) is 0 Å². The molecule has 0 spiro atoms. The van der Waals surface area contributed by atoms with Gasteiger partial charge in [0.05, 0.1) is 0 Å². The SMILES string of the molecule is O=C(Nc1nccs1)C1CCCN1C(=O)CCc1nc(C2CCCC2)no1. The quantitative estimate of drug-likeness (QED) is 0.815. The summed E-state index contributed by atoms with van der Waals surface area (Å²) in [7, 11) is 0. The molecule has 2 aromatic heterocycles. The van der Waals surface area contributed by atoms with Crippen molar-refractivity contribution in [3.05, 3.63) is 23.3 Å². The van der Waals surface area contributed by atoms with Gasteiger partial charge >= 0.3 is 0 Å². The van der Waals surface area contributed by atoms with Crippen LogP contribution in [0.4, 0.5) is 5.13 Å². The maximum Gasteiger partial charge on any atom is 0.248 e. The lowest BCUT2D eigenvalue weighted by molar-refractivity contribution is -0.136. The standard InChI is InChI=1S/C18H23N5O3S/c24-15(8-7-14-20-16(22-26-14)12-4-1-2-5-12)23-10-3-6-13(23)17(25)21-18-19-9-11-27-18/h9,11-13H,1-8,10H2,(H,19,21,25). The molecule has 0 bridgehead atoms. The fraction of sp³-hybridized carbons (Fsp3) is 0.611. The summed E-state index contributed by atoms with van der Waals surface area (Å²) >= 11 is 1.37. The number of likely N-dealkylation sites (tertiary alicyclic amines) is 1. The summed E-state index contributed by atoms with van der Waals surface area (Å²) in [6.45, 7) is 0.603. The molecule has 1 unspecified atom stereocenters. The van der Waals surface area contributed by atoms with Crippen LogP contribution in [-0.2, 0) is 16.0 Å². The first-order valence-electron chi connectivity index (χ1n) is 9.53. The van der Waals surface area contributed by atoms with Gasteiger partial charge in [-0.15, -0.1) is 11.3 Å². The number of nitrogens with zero attached hydrogens (tertiary/aromatic N) is 4. The van der Waals surface area contributed by atoms with Crippen molar-refractivity contribution in [2.45, 2.75) is 63.3 Å². The third kappa shape index (κ3) is 4.18. The van der Waals surface area contributed by atoms with Crippen molar-refractivity contribution in [3.8, 4) is 0 Å². The molecule has 144 valence electrons. The molecule has 1 aliphatic heterocycles. The molecule has 1 saturated carbocycles. The Morgan fingerprint density at radius 2 is 2.11 bits per heavy atom. The molecular weight excluding hydrogens is 366 g/mol. The third-order valence-corrected chi connectivity index (χ3v) is 5.98. The van der Waals surface area contributed by atoms with Crippen molar-refractivity contribution >= 4 is 28.3 Å². The van der Waals surface area contributed by atoms with Gasteiger partial charge in [0.2, 0.25) is 17.7 Å². The molecule has 2 amide bonds. The molecule has 4 rings (SSSR count). The Balaban J connectivity index is 1.31. The van der Waals surface area contributed by atoms with Crippen molar-refractivity contribution in [1.82, 2.24) is 20.0 Å². The zero-order valence-electron chi connectivity index (χ0n) is 15.1. The predicted molar refractivity (Wildman–Crippen MR) is 99.3 cm³/mol. The van der Waals surface area contributed by atoms with Gasteiger partial charge in [0.15, 0.2) is 11.0 Å². The zero-order valence-corrected chi connectivity index (χ0v) is 15.9. The Labute approximate surface area is 161 Å². The number of aromatic nitrogens is 3. The minimum absolute atomic E-state index is 0.0487. The second kappa shape index (κ2) is 8.16. The van der Waals surface area contributed by atoms with Gasteiger partial charge in [-0.25, -0.2) is 4.98 Å². The molecule has 2 fully saturated rings. The molecule has 0 radical (unpaired) electrons. The van der Waals surface area contributed by atoms with E-state index in [4.69, 9.17) is 4.52 Å². The first kappa shape index (κ1) is 18.1. The number of anilines is 1. The second-order valence-electron chi connectivity index (χ2n) is 7.10. The summed E-state index contributed by atoms with van der Waals surface area (Å²) in [5, 5.41) is 9.23.